The van der Waals surface area contributed by atoms with Gasteiger partial charge in [-0.1, -0.05) is 29.9 Å². The monoisotopic (exact) mass is 452 g/mol. The lowest BCUT2D eigenvalue weighted by Crippen LogP contribution is -2.45. The van der Waals surface area contributed by atoms with Crippen molar-refractivity contribution in [3.05, 3.63) is 22.1 Å². The number of carbonyl (C=O) groups is 2. The Kier molecular flexibility index (Phi) is 5.16. The van der Waals surface area contributed by atoms with Gasteiger partial charge >= 0.3 is 0 Å². The summed E-state index contributed by atoms with van der Waals surface area (Å²) in [4.78, 5) is 32.1. The highest BCUT2D eigenvalue weighted by Gasteiger charge is 2.70. The Morgan fingerprint density at radius 3 is 2.48 bits per heavy atom. The average molecular weight is 453 g/mol. The molecule has 4 atom stereocenters. The van der Waals surface area contributed by atoms with Gasteiger partial charge in [0.2, 0.25) is 11.8 Å². The summed E-state index contributed by atoms with van der Waals surface area (Å²) in [6.45, 7) is 1.25. The topological polar surface area (TPSA) is 102 Å². The molecule has 2 fully saturated rings. The Morgan fingerprint density at radius 1 is 1.22 bits per heavy atom. The van der Waals surface area contributed by atoms with Crippen LogP contribution in [0.4, 0.5) is 5.13 Å². The van der Waals surface area contributed by atoms with Gasteiger partial charge in [-0.2, -0.15) is 0 Å². The van der Waals surface area contributed by atoms with E-state index in [4.69, 9.17) is 11.5 Å². The van der Waals surface area contributed by atoms with Crippen molar-refractivity contribution in [3.8, 4) is 0 Å². The SMILES string of the molecule is NCCCCCN(C(=O)[C@H]1[C@H](C(N)=O)[C@@H]2C=C[C@H]1C21CC1)c1ncc(Br)s1. The minimum absolute atomic E-state index is 0.00322. The van der Waals surface area contributed by atoms with Crippen molar-refractivity contribution in [1.82, 2.24) is 4.98 Å². The van der Waals surface area contributed by atoms with Crippen LogP contribution in [-0.4, -0.2) is 29.9 Å². The van der Waals surface area contributed by atoms with Crippen LogP contribution in [0.5, 0.6) is 0 Å². The number of rotatable bonds is 8. The van der Waals surface area contributed by atoms with Crippen molar-refractivity contribution in [3.63, 3.8) is 0 Å². The molecule has 2 bridgehead atoms. The van der Waals surface area contributed by atoms with E-state index in [-0.39, 0.29) is 35.0 Å². The van der Waals surface area contributed by atoms with Crippen LogP contribution in [0.25, 0.3) is 0 Å². The highest BCUT2D eigenvalue weighted by molar-refractivity contribution is 9.11. The van der Waals surface area contributed by atoms with E-state index in [1.807, 2.05) is 0 Å². The zero-order valence-corrected chi connectivity index (χ0v) is 17.5. The molecular formula is C19H25BrN4O2S. The van der Waals surface area contributed by atoms with Gasteiger partial charge in [-0.25, -0.2) is 4.98 Å². The van der Waals surface area contributed by atoms with E-state index >= 15 is 0 Å². The quantitative estimate of drug-likeness (QED) is 0.467. The molecule has 3 aliphatic carbocycles. The zero-order valence-electron chi connectivity index (χ0n) is 15.1. The van der Waals surface area contributed by atoms with Gasteiger partial charge in [0.15, 0.2) is 5.13 Å². The van der Waals surface area contributed by atoms with Gasteiger partial charge in [0.25, 0.3) is 0 Å². The highest BCUT2D eigenvalue weighted by atomic mass is 79.9. The number of nitrogens with two attached hydrogens (primary N) is 2. The number of hydrogen-bond acceptors (Lipinski definition) is 5. The van der Waals surface area contributed by atoms with Crippen LogP contribution >= 0.6 is 27.3 Å². The first-order chi connectivity index (χ1) is 13.0. The summed E-state index contributed by atoms with van der Waals surface area (Å²) in [6, 6.07) is 0. The smallest absolute Gasteiger partial charge is 0.233 e. The maximum Gasteiger partial charge on any atom is 0.233 e. The predicted octanol–water partition coefficient (Wildman–Crippen LogP) is 2.68. The normalized spacial score (nSPS) is 29.4. The van der Waals surface area contributed by atoms with Crippen LogP contribution < -0.4 is 16.4 Å². The number of nitrogens with zero attached hydrogens (tertiary/aromatic N) is 2. The van der Waals surface area contributed by atoms with Gasteiger partial charge in [-0.3, -0.25) is 14.5 Å². The average Bonchev–Trinajstić information content (AvgIpc) is 3.12. The number of thiazole rings is 1. The number of allylic oxidation sites excluding steroid dienone is 2. The molecule has 2 saturated carbocycles. The number of halogens is 1. The summed E-state index contributed by atoms with van der Waals surface area (Å²) in [6.07, 6.45) is 10.9. The molecule has 2 amide bonds. The molecular weight excluding hydrogens is 428 g/mol. The van der Waals surface area contributed by atoms with E-state index in [0.29, 0.717) is 18.2 Å². The second-order valence-corrected chi connectivity index (χ2v) is 10.3. The number of amides is 2. The van der Waals surface area contributed by atoms with Crippen LogP contribution in [-0.2, 0) is 9.59 Å². The highest BCUT2D eigenvalue weighted by Crippen LogP contribution is 2.72. The van der Waals surface area contributed by atoms with Gasteiger partial charge in [0, 0.05) is 6.54 Å². The third-order valence-electron chi connectivity index (χ3n) is 6.50. The molecule has 4 rings (SSSR count). The molecule has 6 nitrogen and oxygen atoms in total. The van der Waals surface area contributed by atoms with E-state index in [0.717, 1.165) is 35.9 Å². The molecule has 0 aromatic carbocycles. The van der Waals surface area contributed by atoms with Crippen molar-refractivity contribution in [2.75, 3.05) is 18.0 Å². The van der Waals surface area contributed by atoms with E-state index in [9.17, 15) is 9.59 Å². The molecule has 27 heavy (non-hydrogen) atoms. The van der Waals surface area contributed by atoms with Gasteiger partial charge in [-0.15, -0.1) is 0 Å². The van der Waals surface area contributed by atoms with E-state index in [2.05, 4.69) is 33.1 Å². The Bertz CT molecular complexity index is 776. The van der Waals surface area contributed by atoms with Gasteiger partial charge in [0.05, 0.1) is 21.8 Å². The zero-order chi connectivity index (χ0) is 19.2. The third-order valence-corrected chi connectivity index (χ3v) is 8.00. The van der Waals surface area contributed by atoms with E-state index in [1.54, 1.807) is 11.1 Å². The summed E-state index contributed by atoms with van der Waals surface area (Å²) >= 11 is 4.88. The molecule has 8 heteroatoms. The molecule has 1 aromatic heterocycles. The minimum atomic E-state index is -0.398. The molecule has 0 unspecified atom stereocenters. The summed E-state index contributed by atoms with van der Waals surface area (Å²) in [5.74, 6) is -0.864. The number of aromatic nitrogens is 1. The number of unbranched alkanes of at least 4 members (excludes halogenated alkanes) is 2. The van der Waals surface area contributed by atoms with Crippen LogP contribution in [0.15, 0.2) is 22.1 Å². The first-order valence-corrected chi connectivity index (χ1v) is 11.2. The van der Waals surface area contributed by atoms with Gasteiger partial charge in [-0.05, 0) is 65.4 Å². The summed E-state index contributed by atoms with van der Waals surface area (Å²) < 4.78 is 0.884. The van der Waals surface area contributed by atoms with Crippen molar-refractivity contribution >= 4 is 44.2 Å². The fraction of sp³-hybridized carbons (Fsp3) is 0.632. The second kappa shape index (κ2) is 7.29. The van der Waals surface area contributed by atoms with E-state index < -0.39 is 5.92 Å². The third kappa shape index (κ3) is 3.15. The first-order valence-electron chi connectivity index (χ1n) is 9.60. The lowest BCUT2D eigenvalue weighted by atomic mass is 9.81. The minimum Gasteiger partial charge on any atom is -0.369 e. The Hall–Kier alpha value is -1.25. The Balaban J connectivity index is 1.60. The number of primary amides is 1. The maximum absolute atomic E-state index is 13.7. The fourth-order valence-corrected chi connectivity index (χ4v) is 6.37. The number of carbonyl (C=O) groups excluding carboxylic acids is 2. The lowest BCUT2D eigenvalue weighted by molar-refractivity contribution is -0.132. The largest absolute Gasteiger partial charge is 0.369 e. The predicted molar refractivity (Wildman–Crippen MR) is 109 cm³/mol. The molecule has 1 spiro atoms. The van der Waals surface area contributed by atoms with Crippen molar-refractivity contribution in [1.29, 1.82) is 0 Å². The van der Waals surface area contributed by atoms with E-state index in [1.165, 1.54) is 11.3 Å². The van der Waals surface area contributed by atoms with Crippen molar-refractivity contribution in [2.24, 2.45) is 40.6 Å². The summed E-state index contributed by atoms with van der Waals surface area (Å²) in [5.41, 5.74) is 11.5. The molecule has 0 radical (unpaired) electrons. The van der Waals surface area contributed by atoms with Crippen molar-refractivity contribution in [2.45, 2.75) is 32.1 Å². The lowest BCUT2D eigenvalue weighted by Gasteiger charge is -2.30. The molecule has 1 aromatic rings. The van der Waals surface area contributed by atoms with Crippen LogP contribution in [0.1, 0.15) is 32.1 Å². The van der Waals surface area contributed by atoms with Crippen LogP contribution in [0.3, 0.4) is 0 Å². The number of anilines is 1. The Labute approximate surface area is 171 Å². The molecule has 3 aliphatic rings. The first kappa shape index (κ1) is 19.1. The molecule has 0 aliphatic heterocycles. The molecule has 0 saturated heterocycles. The molecule has 4 N–H and O–H groups in total. The Morgan fingerprint density at radius 2 is 1.93 bits per heavy atom. The maximum atomic E-state index is 13.7. The summed E-state index contributed by atoms with van der Waals surface area (Å²) in [7, 11) is 0. The molecule has 146 valence electrons. The number of hydrogen-bond donors (Lipinski definition) is 2. The van der Waals surface area contributed by atoms with Crippen molar-refractivity contribution < 1.29 is 9.59 Å². The van der Waals surface area contributed by atoms with Gasteiger partial charge in [0.1, 0.15) is 0 Å². The summed E-state index contributed by atoms with van der Waals surface area (Å²) in [5, 5.41) is 0.680. The standard InChI is InChI=1S/C19H25BrN4O2S/c20-13-10-23-18(27-13)24(9-3-1-2-8-21)17(26)15-12-5-4-11(14(15)16(22)25)19(12)6-7-19/h4-5,10-12,14-15H,1-3,6-9,21H2,(H2,22,25)/t11-,12+,14+,15+/m0/s1. The molecule has 1 heterocycles. The van der Waals surface area contributed by atoms with Gasteiger partial charge < -0.3 is 11.5 Å². The second-order valence-electron chi connectivity index (χ2n) is 7.91. The fourth-order valence-electron chi connectivity index (χ4n) is 5.16. The van der Waals surface area contributed by atoms with Crippen LogP contribution in [0.2, 0.25) is 0 Å². The van der Waals surface area contributed by atoms with Crippen LogP contribution in [0, 0.1) is 29.1 Å².